The molecule has 1 amide bonds. The molecule has 0 N–H and O–H groups in total. The third-order valence-corrected chi connectivity index (χ3v) is 4.61. The van der Waals surface area contributed by atoms with Crippen LogP contribution >= 0.6 is 0 Å². The highest BCUT2D eigenvalue weighted by molar-refractivity contribution is 5.76. The summed E-state index contributed by atoms with van der Waals surface area (Å²) < 4.78 is 7.08. The van der Waals surface area contributed by atoms with Crippen LogP contribution in [0.15, 0.2) is 22.8 Å². The van der Waals surface area contributed by atoms with Crippen molar-refractivity contribution in [2.24, 2.45) is 0 Å². The standard InChI is InChI=1S/C16H24N6O2/c1-12(2)20(3)10-15-17-18-19-22(15)11-16(23)21-8-4-6-13(21)14-7-5-9-24-14/h5,7,9,12-13H,4,6,8,10-11H2,1-3H3. The van der Waals surface area contributed by atoms with E-state index in [1.807, 2.05) is 24.1 Å². The van der Waals surface area contributed by atoms with E-state index < -0.39 is 0 Å². The van der Waals surface area contributed by atoms with Gasteiger partial charge < -0.3 is 9.32 Å². The molecule has 130 valence electrons. The molecule has 0 bridgehead atoms. The average Bonchev–Trinajstić information content (AvgIpc) is 3.28. The number of amides is 1. The van der Waals surface area contributed by atoms with Crippen molar-refractivity contribution >= 4 is 5.91 Å². The number of likely N-dealkylation sites (tertiary alicyclic amines) is 1. The second-order valence-corrected chi connectivity index (χ2v) is 6.52. The van der Waals surface area contributed by atoms with Gasteiger partial charge in [-0.1, -0.05) is 0 Å². The molecule has 8 nitrogen and oxygen atoms in total. The molecule has 1 aliphatic rings. The second kappa shape index (κ2) is 7.12. The van der Waals surface area contributed by atoms with E-state index in [2.05, 4.69) is 34.3 Å². The lowest BCUT2D eigenvalue weighted by Crippen LogP contribution is -2.35. The van der Waals surface area contributed by atoms with Crippen molar-refractivity contribution in [1.29, 1.82) is 0 Å². The zero-order chi connectivity index (χ0) is 17.1. The number of aromatic nitrogens is 4. The van der Waals surface area contributed by atoms with E-state index in [1.165, 1.54) is 0 Å². The van der Waals surface area contributed by atoms with Gasteiger partial charge >= 0.3 is 0 Å². The van der Waals surface area contributed by atoms with Gasteiger partial charge in [-0.3, -0.25) is 9.69 Å². The SMILES string of the molecule is CC(C)N(C)Cc1nnnn1CC(=O)N1CCCC1c1ccco1. The molecule has 1 aliphatic heterocycles. The summed E-state index contributed by atoms with van der Waals surface area (Å²) in [5, 5.41) is 11.8. The third-order valence-electron chi connectivity index (χ3n) is 4.61. The quantitative estimate of drug-likeness (QED) is 0.797. The average molecular weight is 332 g/mol. The van der Waals surface area contributed by atoms with E-state index in [1.54, 1.807) is 10.9 Å². The first-order valence-electron chi connectivity index (χ1n) is 8.34. The molecule has 2 aromatic heterocycles. The predicted octanol–water partition coefficient (Wildman–Crippen LogP) is 1.47. The van der Waals surface area contributed by atoms with Crippen LogP contribution in [0.4, 0.5) is 0 Å². The summed E-state index contributed by atoms with van der Waals surface area (Å²) in [6, 6.07) is 4.19. The Hall–Kier alpha value is -2.22. The van der Waals surface area contributed by atoms with Gasteiger partial charge in [0.05, 0.1) is 18.8 Å². The summed E-state index contributed by atoms with van der Waals surface area (Å²) in [4.78, 5) is 16.7. The van der Waals surface area contributed by atoms with E-state index in [0.29, 0.717) is 18.4 Å². The zero-order valence-corrected chi connectivity index (χ0v) is 14.4. The maximum absolute atomic E-state index is 12.7. The summed E-state index contributed by atoms with van der Waals surface area (Å²) >= 11 is 0. The first kappa shape index (κ1) is 16.6. The molecule has 1 fully saturated rings. The van der Waals surface area contributed by atoms with Crippen molar-refractivity contribution in [3.8, 4) is 0 Å². The van der Waals surface area contributed by atoms with Crippen LogP contribution in [0, 0.1) is 0 Å². The number of hydrogen-bond acceptors (Lipinski definition) is 6. The highest BCUT2D eigenvalue weighted by atomic mass is 16.3. The fourth-order valence-electron chi connectivity index (χ4n) is 2.93. The van der Waals surface area contributed by atoms with Gasteiger partial charge in [0.2, 0.25) is 5.91 Å². The maximum Gasteiger partial charge on any atom is 0.245 e. The summed E-state index contributed by atoms with van der Waals surface area (Å²) in [6.07, 6.45) is 3.56. The first-order valence-corrected chi connectivity index (χ1v) is 8.34. The first-order chi connectivity index (χ1) is 11.6. The molecule has 0 saturated carbocycles. The minimum Gasteiger partial charge on any atom is -0.467 e. The Bertz CT molecular complexity index is 666. The molecule has 1 unspecified atom stereocenters. The van der Waals surface area contributed by atoms with Crippen molar-refractivity contribution in [2.75, 3.05) is 13.6 Å². The normalized spacial score (nSPS) is 18.0. The molecule has 3 rings (SSSR count). The lowest BCUT2D eigenvalue weighted by atomic mass is 10.1. The van der Waals surface area contributed by atoms with Gasteiger partial charge in [0, 0.05) is 12.6 Å². The molecular formula is C16H24N6O2. The van der Waals surface area contributed by atoms with E-state index in [-0.39, 0.29) is 18.5 Å². The fraction of sp³-hybridized carbons (Fsp3) is 0.625. The van der Waals surface area contributed by atoms with Crippen LogP contribution in [-0.2, 0) is 17.9 Å². The van der Waals surface area contributed by atoms with Crippen LogP contribution in [0.2, 0.25) is 0 Å². The summed E-state index contributed by atoms with van der Waals surface area (Å²) in [5.41, 5.74) is 0. The Labute approximate surface area is 141 Å². The number of tetrazole rings is 1. The molecular weight excluding hydrogens is 308 g/mol. The molecule has 8 heteroatoms. The van der Waals surface area contributed by atoms with Gasteiger partial charge in [-0.05, 0) is 56.3 Å². The Morgan fingerprint density at radius 3 is 3.04 bits per heavy atom. The third kappa shape index (κ3) is 3.48. The van der Waals surface area contributed by atoms with E-state index >= 15 is 0 Å². The molecule has 1 atom stereocenters. The van der Waals surface area contributed by atoms with Crippen LogP contribution < -0.4 is 0 Å². The van der Waals surface area contributed by atoms with Crippen molar-refractivity contribution in [1.82, 2.24) is 30.0 Å². The van der Waals surface area contributed by atoms with Crippen LogP contribution in [0.5, 0.6) is 0 Å². The molecule has 3 heterocycles. The minimum atomic E-state index is 0.0192. The van der Waals surface area contributed by atoms with Crippen molar-refractivity contribution in [3.05, 3.63) is 30.0 Å². The van der Waals surface area contributed by atoms with Gasteiger partial charge in [0.1, 0.15) is 12.3 Å². The van der Waals surface area contributed by atoms with Crippen molar-refractivity contribution < 1.29 is 9.21 Å². The number of hydrogen-bond donors (Lipinski definition) is 0. The lowest BCUT2D eigenvalue weighted by molar-refractivity contribution is -0.133. The van der Waals surface area contributed by atoms with Gasteiger partial charge in [0.25, 0.3) is 0 Å². The van der Waals surface area contributed by atoms with E-state index in [0.717, 1.165) is 25.1 Å². The molecule has 2 aromatic rings. The Balaban J connectivity index is 1.68. The van der Waals surface area contributed by atoms with Gasteiger partial charge in [0.15, 0.2) is 5.82 Å². The number of rotatable bonds is 6. The molecule has 0 aromatic carbocycles. The number of carbonyl (C=O) groups excluding carboxylic acids is 1. The number of carbonyl (C=O) groups is 1. The number of nitrogens with zero attached hydrogens (tertiary/aromatic N) is 6. The second-order valence-electron chi connectivity index (χ2n) is 6.52. The predicted molar refractivity (Wildman–Crippen MR) is 86.8 cm³/mol. The van der Waals surface area contributed by atoms with Gasteiger partial charge in [-0.25, -0.2) is 4.68 Å². The highest BCUT2D eigenvalue weighted by Crippen LogP contribution is 2.32. The smallest absolute Gasteiger partial charge is 0.245 e. The van der Waals surface area contributed by atoms with Gasteiger partial charge in [-0.15, -0.1) is 5.10 Å². The lowest BCUT2D eigenvalue weighted by Gasteiger charge is -2.24. The summed E-state index contributed by atoms with van der Waals surface area (Å²) in [7, 11) is 2.01. The van der Waals surface area contributed by atoms with Crippen molar-refractivity contribution in [3.63, 3.8) is 0 Å². The molecule has 0 aliphatic carbocycles. The molecule has 24 heavy (non-hydrogen) atoms. The Morgan fingerprint density at radius 1 is 1.50 bits per heavy atom. The van der Waals surface area contributed by atoms with Gasteiger partial charge in [-0.2, -0.15) is 0 Å². The fourth-order valence-corrected chi connectivity index (χ4v) is 2.93. The van der Waals surface area contributed by atoms with E-state index in [9.17, 15) is 4.79 Å². The van der Waals surface area contributed by atoms with Crippen LogP contribution in [-0.4, -0.2) is 55.5 Å². The zero-order valence-electron chi connectivity index (χ0n) is 14.4. The van der Waals surface area contributed by atoms with E-state index in [4.69, 9.17) is 4.42 Å². The highest BCUT2D eigenvalue weighted by Gasteiger charge is 2.32. The largest absolute Gasteiger partial charge is 0.467 e. The Kier molecular flexibility index (Phi) is 4.94. The monoisotopic (exact) mass is 332 g/mol. The topological polar surface area (TPSA) is 80.3 Å². The van der Waals surface area contributed by atoms with Crippen molar-refractivity contribution in [2.45, 2.75) is 51.9 Å². The summed E-state index contributed by atoms with van der Waals surface area (Å²) in [6.45, 7) is 5.73. The number of furan rings is 1. The summed E-state index contributed by atoms with van der Waals surface area (Å²) in [5.74, 6) is 1.57. The molecule has 0 spiro atoms. The Morgan fingerprint density at radius 2 is 2.33 bits per heavy atom. The van der Waals surface area contributed by atoms with Crippen LogP contribution in [0.25, 0.3) is 0 Å². The van der Waals surface area contributed by atoms with Crippen LogP contribution in [0.1, 0.15) is 44.3 Å². The van der Waals surface area contributed by atoms with Crippen LogP contribution in [0.3, 0.4) is 0 Å². The molecule has 0 radical (unpaired) electrons. The maximum atomic E-state index is 12.7. The minimum absolute atomic E-state index is 0.0192. The molecule has 1 saturated heterocycles.